The molecule has 1 aliphatic carbocycles. The molecule has 1 saturated carbocycles. The first kappa shape index (κ1) is 14.5. The van der Waals surface area contributed by atoms with Crippen LogP contribution in [0.4, 0.5) is 0 Å². The van der Waals surface area contributed by atoms with Gasteiger partial charge in [0.25, 0.3) is 5.91 Å². The number of aromatic amines is 1. The lowest BCUT2D eigenvalue weighted by molar-refractivity contribution is -0.0644. The highest BCUT2D eigenvalue weighted by atomic mass is 16.3. The van der Waals surface area contributed by atoms with Gasteiger partial charge < -0.3 is 15.0 Å². The van der Waals surface area contributed by atoms with Crippen molar-refractivity contribution in [3.8, 4) is 0 Å². The van der Waals surface area contributed by atoms with E-state index in [9.17, 15) is 9.90 Å². The molecule has 2 N–H and O–H groups in total. The predicted molar refractivity (Wildman–Crippen MR) is 85.7 cm³/mol. The number of carbonyl (C=O) groups is 1. The predicted octanol–water partition coefficient (Wildman–Crippen LogP) is 2.17. The van der Waals surface area contributed by atoms with Crippen LogP contribution in [0.15, 0.2) is 42.7 Å². The lowest BCUT2D eigenvalue weighted by Gasteiger charge is -2.41. The van der Waals surface area contributed by atoms with Crippen LogP contribution in [-0.4, -0.2) is 39.0 Å². The van der Waals surface area contributed by atoms with Gasteiger partial charge in [-0.3, -0.25) is 4.79 Å². The van der Waals surface area contributed by atoms with Crippen LogP contribution in [0.25, 0.3) is 0 Å². The summed E-state index contributed by atoms with van der Waals surface area (Å²) >= 11 is 0. The number of aliphatic hydroxyl groups is 1. The van der Waals surface area contributed by atoms with Crippen LogP contribution in [0.5, 0.6) is 0 Å². The minimum atomic E-state index is -0.831. The maximum Gasteiger partial charge on any atom is 0.289 e. The van der Waals surface area contributed by atoms with Gasteiger partial charge in [-0.1, -0.05) is 30.3 Å². The molecule has 0 spiro atoms. The molecular formula is C18H21N3O2. The van der Waals surface area contributed by atoms with Crippen LogP contribution in [0.1, 0.15) is 35.4 Å². The Balaban J connectivity index is 1.61. The maximum absolute atomic E-state index is 12.5. The maximum atomic E-state index is 12.5. The molecule has 4 rings (SSSR count). The number of fused-ring (bicyclic) bond motifs is 1. The zero-order valence-corrected chi connectivity index (χ0v) is 13.0. The number of H-pyrrole nitrogens is 1. The van der Waals surface area contributed by atoms with E-state index < -0.39 is 5.60 Å². The fraction of sp³-hybridized carbons (Fsp3) is 0.444. The average Bonchev–Trinajstić information content (AvgIpc) is 3.25. The number of nitrogens with one attached hydrogen (secondary N) is 1. The lowest BCUT2D eigenvalue weighted by Crippen LogP contribution is -2.43. The van der Waals surface area contributed by atoms with Gasteiger partial charge in [-0.2, -0.15) is 0 Å². The summed E-state index contributed by atoms with van der Waals surface area (Å²) in [7, 11) is 0. The number of hydrogen-bond acceptors (Lipinski definition) is 3. The molecule has 120 valence electrons. The molecular weight excluding hydrogens is 290 g/mol. The molecule has 1 amide bonds. The second-order valence-corrected chi connectivity index (χ2v) is 6.70. The number of hydrogen-bond donors (Lipinski definition) is 2. The summed E-state index contributed by atoms with van der Waals surface area (Å²) in [5.41, 5.74) is 0.143. The van der Waals surface area contributed by atoms with Crippen LogP contribution in [0.3, 0.4) is 0 Å². The van der Waals surface area contributed by atoms with Gasteiger partial charge in [0, 0.05) is 31.4 Å². The van der Waals surface area contributed by atoms with E-state index in [2.05, 4.69) is 9.97 Å². The third-order valence-corrected chi connectivity index (χ3v) is 5.45. The van der Waals surface area contributed by atoms with E-state index in [1.54, 1.807) is 12.4 Å². The van der Waals surface area contributed by atoms with Crippen molar-refractivity contribution < 1.29 is 9.90 Å². The molecule has 2 aromatic rings. The monoisotopic (exact) mass is 311 g/mol. The molecule has 23 heavy (non-hydrogen) atoms. The number of rotatable bonds is 2. The molecule has 0 unspecified atom stereocenters. The first-order valence-electron chi connectivity index (χ1n) is 8.25. The van der Waals surface area contributed by atoms with Gasteiger partial charge in [-0.05, 0) is 30.7 Å². The van der Waals surface area contributed by atoms with Crippen molar-refractivity contribution in [2.75, 3.05) is 13.1 Å². The van der Waals surface area contributed by atoms with E-state index in [0.29, 0.717) is 24.8 Å². The summed E-state index contributed by atoms with van der Waals surface area (Å²) < 4.78 is 0. The Morgan fingerprint density at radius 1 is 1.30 bits per heavy atom. The summed E-state index contributed by atoms with van der Waals surface area (Å²) in [5, 5.41) is 11.4. The Kier molecular flexibility index (Phi) is 3.45. The molecule has 1 aromatic heterocycles. The fourth-order valence-electron chi connectivity index (χ4n) is 4.31. The van der Waals surface area contributed by atoms with Crippen LogP contribution >= 0.6 is 0 Å². The molecule has 1 aromatic carbocycles. The normalized spacial score (nSPS) is 30.2. The van der Waals surface area contributed by atoms with Crippen LogP contribution in [-0.2, 0) is 5.60 Å². The van der Waals surface area contributed by atoms with Gasteiger partial charge in [0.1, 0.15) is 0 Å². The Morgan fingerprint density at radius 2 is 2.13 bits per heavy atom. The number of imidazole rings is 1. The first-order chi connectivity index (χ1) is 11.2. The van der Waals surface area contributed by atoms with Gasteiger partial charge in [-0.25, -0.2) is 4.98 Å². The van der Waals surface area contributed by atoms with Crippen molar-refractivity contribution in [2.24, 2.45) is 11.8 Å². The fourth-order valence-corrected chi connectivity index (χ4v) is 4.31. The highest BCUT2D eigenvalue weighted by Gasteiger charge is 2.50. The molecule has 5 nitrogen and oxygen atoms in total. The third kappa shape index (κ3) is 2.36. The highest BCUT2D eigenvalue weighted by Crippen LogP contribution is 2.48. The topological polar surface area (TPSA) is 69.2 Å². The summed E-state index contributed by atoms with van der Waals surface area (Å²) in [6.07, 6.45) is 6.09. The second-order valence-electron chi connectivity index (χ2n) is 6.70. The minimum Gasteiger partial charge on any atom is -0.385 e. The molecule has 5 heteroatoms. The molecule has 3 atom stereocenters. The number of aromatic nitrogens is 2. The quantitative estimate of drug-likeness (QED) is 0.893. The van der Waals surface area contributed by atoms with Gasteiger partial charge >= 0.3 is 0 Å². The third-order valence-electron chi connectivity index (χ3n) is 5.45. The number of benzene rings is 1. The Morgan fingerprint density at radius 3 is 2.87 bits per heavy atom. The Labute approximate surface area is 135 Å². The van der Waals surface area contributed by atoms with Gasteiger partial charge in [0.15, 0.2) is 5.82 Å². The van der Waals surface area contributed by atoms with Gasteiger partial charge in [0.05, 0.1) is 5.60 Å². The lowest BCUT2D eigenvalue weighted by atomic mass is 9.67. The standard InChI is InChI=1S/C18H21N3O2/c22-17(16-19-9-10-20-16)21-11-13-5-4-8-18(23,15(13)12-21)14-6-2-1-3-7-14/h1-3,6-7,9-10,13,15,23H,4-5,8,11-12H2,(H,19,20)/t13-,15+,18+/m0/s1. The van der Waals surface area contributed by atoms with Crippen molar-refractivity contribution >= 4 is 5.91 Å². The number of likely N-dealkylation sites (tertiary alicyclic amines) is 1. The summed E-state index contributed by atoms with van der Waals surface area (Å²) in [4.78, 5) is 21.3. The molecule has 1 saturated heterocycles. The van der Waals surface area contributed by atoms with E-state index >= 15 is 0 Å². The number of nitrogens with zero attached hydrogens (tertiary/aromatic N) is 2. The smallest absolute Gasteiger partial charge is 0.289 e. The Bertz CT molecular complexity index is 686. The van der Waals surface area contributed by atoms with Crippen molar-refractivity contribution in [3.05, 3.63) is 54.1 Å². The molecule has 2 heterocycles. The SMILES string of the molecule is O=C(c1ncc[nH]1)N1C[C@@H]2CCC[C@@](O)(c3ccccc3)[C@@H]2C1. The molecule has 2 aliphatic rings. The van der Waals surface area contributed by atoms with Crippen LogP contribution in [0.2, 0.25) is 0 Å². The summed E-state index contributed by atoms with van der Waals surface area (Å²) in [5.74, 6) is 0.761. The van der Waals surface area contributed by atoms with E-state index in [-0.39, 0.29) is 11.8 Å². The summed E-state index contributed by atoms with van der Waals surface area (Å²) in [6.45, 7) is 1.30. The van der Waals surface area contributed by atoms with Crippen molar-refractivity contribution in [2.45, 2.75) is 24.9 Å². The zero-order valence-electron chi connectivity index (χ0n) is 13.0. The van der Waals surface area contributed by atoms with Crippen LogP contribution < -0.4 is 0 Å². The Hall–Kier alpha value is -2.14. The van der Waals surface area contributed by atoms with E-state index in [4.69, 9.17) is 0 Å². The van der Waals surface area contributed by atoms with Gasteiger partial charge in [-0.15, -0.1) is 0 Å². The van der Waals surface area contributed by atoms with Crippen molar-refractivity contribution in [1.82, 2.24) is 14.9 Å². The largest absolute Gasteiger partial charge is 0.385 e. The molecule has 2 fully saturated rings. The van der Waals surface area contributed by atoms with Crippen LogP contribution in [0, 0.1) is 11.8 Å². The second kappa shape index (κ2) is 5.49. The van der Waals surface area contributed by atoms with E-state index in [1.165, 1.54) is 0 Å². The number of carbonyl (C=O) groups excluding carboxylic acids is 1. The summed E-state index contributed by atoms with van der Waals surface area (Å²) in [6, 6.07) is 9.91. The van der Waals surface area contributed by atoms with Gasteiger partial charge in [0.2, 0.25) is 0 Å². The van der Waals surface area contributed by atoms with Crippen molar-refractivity contribution in [3.63, 3.8) is 0 Å². The highest BCUT2D eigenvalue weighted by molar-refractivity contribution is 5.90. The molecule has 1 aliphatic heterocycles. The number of amides is 1. The zero-order chi connectivity index (χ0) is 15.9. The first-order valence-corrected chi connectivity index (χ1v) is 8.25. The molecule has 0 radical (unpaired) electrons. The minimum absolute atomic E-state index is 0.0696. The molecule has 0 bridgehead atoms. The van der Waals surface area contributed by atoms with Crippen molar-refractivity contribution in [1.29, 1.82) is 0 Å². The van der Waals surface area contributed by atoms with E-state index in [0.717, 1.165) is 24.8 Å². The van der Waals surface area contributed by atoms with E-state index in [1.807, 2.05) is 35.2 Å². The average molecular weight is 311 g/mol.